The van der Waals surface area contributed by atoms with Crippen LogP contribution in [0, 0.1) is 0 Å². The minimum Gasteiger partial charge on any atom is -0.342 e. The maximum absolute atomic E-state index is 4.46. The molecule has 1 atom stereocenters. The van der Waals surface area contributed by atoms with Crippen molar-refractivity contribution in [3.63, 3.8) is 0 Å². The highest BCUT2D eigenvalue weighted by Gasteiger charge is 2.18. The van der Waals surface area contributed by atoms with Gasteiger partial charge in [0.2, 0.25) is 0 Å². The average Bonchev–Trinajstić information content (AvgIpc) is 3.00. The first kappa shape index (κ1) is 11.0. The van der Waals surface area contributed by atoms with Crippen LogP contribution < -0.4 is 5.32 Å². The molecule has 4 heteroatoms. The summed E-state index contributed by atoms with van der Waals surface area (Å²) in [4.78, 5) is 7.89. The summed E-state index contributed by atoms with van der Waals surface area (Å²) in [5.41, 5.74) is 2.37. The van der Waals surface area contributed by atoms with E-state index in [-0.39, 0.29) is 0 Å². The molecule has 2 heterocycles. The smallest absolute Gasteiger partial charge is 0.137 e. The molecule has 0 spiro atoms. The monoisotopic (exact) mass is 291 g/mol. The Morgan fingerprint density at radius 1 is 1.24 bits per heavy atom. The Balaban J connectivity index is 1.86. The van der Waals surface area contributed by atoms with Crippen molar-refractivity contribution in [3.05, 3.63) is 40.6 Å². The number of halogens is 1. The van der Waals surface area contributed by atoms with E-state index in [4.69, 9.17) is 0 Å². The van der Waals surface area contributed by atoms with Crippen molar-refractivity contribution in [1.29, 1.82) is 0 Å². The molecule has 0 radical (unpaired) electrons. The molecule has 0 saturated carbocycles. The number of H-pyrrole nitrogens is 1. The molecule has 2 N–H and O–H groups in total. The molecule has 1 aliphatic heterocycles. The lowest BCUT2D eigenvalue weighted by molar-refractivity contribution is 0.741. The summed E-state index contributed by atoms with van der Waals surface area (Å²) in [5, 5.41) is 3.37. The molecule has 1 aromatic carbocycles. The van der Waals surface area contributed by atoms with Gasteiger partial charge in [0.15, 0.2) is 0 Å². The van der Waals surface area contributed by atoms with E-state index in [0.717, 1.165) is 29.0 Å². The van der Waals surface area contributed by atoms with Gasteiger partial charge in [0.05, 0.1) is 0 Å². The molecule has 1 unspecified atom stereocenters. The lowest BCUT2D eigenvalue weighted by Gasteiger charge is -2.03. The third-order valence-corrected chi connectivity index (χ3v) is 3.74. The van der Waals surface area contributed by atoms with Crippen LogP contribution in [0.3, 0.4) is 0 Å². The van der Waals surface area contributed by atoms with Crippen LogP contribution in [-0.2, 0) is 0 Å². The van der Waals surface area contributed by atoms with Crippen LogP contribution in [0.5, 0.6) is 0 Å². The number of benzene rings is 1. The van der Waals surface area contributed by atoms with Gasteiger partial charge in [-0.1, -0.05) is 28.1 Å². The summed E-state index contributed by atoms with van der Waals surface area (Å²) < 4.78 is 1.09. The molecule has 88 valence electrons. The van der Waals surface area contributed by atoms with E-state index >= 15 is 0 Å². The number of hydrogen-bond donors (Lipinski definition) is 2. The summed E-state index contributed by atoms with van der Waals surface area (Å²) >= 11 is 3.44. The summed E-state index contributed by atoms with van der Waals surface area (Å²) in [5.74, 6) is 1.55. The lowest BCUT2D eigenvalue weighted by atomic mass is 10.1. The zero-order valence-corrected chi connectivity index (χ0v) is 11.0. The second kappa shape index (κ2) is 4.63. The van der Waals surface area contributed by atoms with Crippen LogP contribution in [0.1, 0.15) is 18.0 Å². The Kier molecular flexibility index (Phi) is 2.99. The van der Waals surface area contributed by atoms with E-state index in [2.05, 4.69) is 43.3 Å². The number of aromatic amines is 1. The van der Waals surface area contributed by atoms with Gasteiger partial charge in [-0.3, -0.25) is 0 Å². The van der Waals surface area contributed by atoms with Crippen molar-refractivity contribution in [2.24, 2.45) is 0 Å². The second-order valence-corrected chi connectivity index (χ2v) is 5.30. The molecular weight excluding hydrogens is 278 g/mol. The molecule has 1 fully saturated rings. The number of rotatable bonds is 2. The Morgan fingerprint density at radius 2 is 2.06 bits per heavy atom. The maximum Gasteiger partial charge on any atom is 0.137 e. The van der Waals surface area contributed by atoms with Crippen molar-refractivity contribution in [2.45, 2.75) is 12.3 Å². The third kappa shape index (κ3) is 2.28. The van der Waals surface area contributed by atoms with E-state index in [9.17, 15) is 0 Å². The molecule has 2 aromatic rings. The zero-order chi connectivity index (χ0) is 11.7. The molecule has 1 aromatic heterocycles. The standard InChI is InChI=1S/C13H14BrN3/c14-11-3-1-9(2-4-11)13-16-8-12(17-13)10-5-6-15-7-10/h1-4,8,10,15H,5-7H2,(H,16,17). The maximum atomic E-state index is 4.46. The van der Waals surface area contributed by atoms with Gasteiger partial charge >= 0.3 is 0 Å². The van der Waals surface area contributed by atoms with E-state index < -0.39 is 0 Å². The van der Waals surface area contributed by atoms with Crippen LogP contribution in [0.15, 0.2) is 34.9 Å². The zero-order valence-electron chi connectivity index (χ0n) is 9.41. The van der Waals surface area contributed by atoms with Crippen LogP contribution in [0.4, 0.5) is 0 Å². The molecular formula is C13H14BrN3. The van der Waals surface area contributed by atoms with Gasteiger partial charge in [0, 0.05) is 34.4 Å². The fourth-order valence-electron chi connectivity index (χ4n) is 2.22. The quantitative estimate of drug-likeness (QED) is 0.893. The van der Waals surface area contributed by atoms with E-state index in [1.807, 2.05) is 18.3 Å². The van der Waals surface area contributed by atoms with E-state index in [1.54, 1.807) is 0 Å². The minimum absolute atomic E-state index is 0.590. The van der Waals surface area contributed by atoms with Crippen LogP contribution >= 0.6 is 15.9 Å². The number of nitrogens with one attached hydrogen (secondary N) is 2. The van der Waals surface area contributed by atoms with E-state index in [0.29, 0.717) is 5.92 Å². The highest BCUT2D eigenvalue weighted by atomic mass is 79.9. The van der Waals surface area contributed by atoms with Gasteiger partial charge in [0.1, 0.15) is 5.82 Å². The van der Waals surface area contributed by atoms with Crippen LogP contribution in [0.2, 0.25) is 0 Å². The first-order valence-electron chi connectivity index (χ1n) is 5.84. The first-order chi connectivity index (χ1) is 8.33. The molecule has 17 heavy (non-hydrogen) atoms. The van der Waals surface area contributed by atoms with Crippen molar-refractivity contribution in [3.8, 4) is 11.4 Å². The molecule has 1 saturated heterocycles. The Morgan fingerprint density at radius 3 is 2.76 bits per heavy atom. The largest absolute Gasteiger partial charge is 0.342 e. The van der Waals surface area contributed by atoms with Gasteiger partial charge < -0.3 is 10.3 Å². The fourth-order valence-corrected chi connectivity index (χ4v) is 2.48. The van der Waals surface area contributed by atoms with Crippen molar-refractivity contribution < 1.29 is 0 Å². The van der Waals surface area contributed by atoms with Crippen molar-refractivity contribution in [1.82, 2.24) is 15.3 Å². The fraction of sp³-hybridized carbons (Fsp3) is 0.308. The average molecular weight is 292 g/mol. The normalized spacial score (nSPS) is 19.7. The summed E-state index contributed by atoms with van der Waals surface area (Å²) in [7, 11) is 0. The number of aromatic nitrogens is 2. The Bertz CT molecular complexity index is 498. The van der Waals surface area contributed by atoms with Gasteiger partial charge in [-0.2, -0.15) is 0 Å². The molecule has 1 aliphatic rings. The summed E-state index contributed by atoms with van der Waals surface area (Å²) in [6.07, 6.45) is 3.16. The van der Waals surface area contributed by atoms with Gasteiger partial charge in [-0.25, -0.2) is 4.98 Å². The SMILES string of the molecule is Brc1ccc(-c2ncc(C3CCNC3)[nH]2)cc1. The topological polar surface area (TPSA) is 40.7 Å². The number of hydrogen-bond acceptors (Lipinski definition) is 2. The number of imidazole rings is 1. The second-order valence-electron chi connectivity index (χ2n) is 4.38. The first-order valence-corrected chi connectivity index (χ1v) is 6.64. The van der Waals surface area contributed by atoms with Crippen LogP contribution in [0.25, 0.3) is 11.4 Å². The Labute approximate surface area is 109 Å². The molecule has 0 bridgehead atoms. The Hall–Kier alpha value is -1.13. The highest BCUT2D eigenvalue weighted by molar-refractivity contribution is 9.10. The lowest BCUT2D eigenvalue weighted by Crippen LogP contribution is -2.08. The molecule has 3 nitrogen and oxygen atoms in total. The van der Waals surface area contributed by atoms with Gasteiger partial charge in [-0.15, -0.1) is 0 Å². The van der Waals surface area contributed by atoms with E-state index in [1.165, 1.54) is 12.1 Å². The van der Waals surface area contributed by atoms with Gasteiger partial charge in [0.25, 0.3) is 0 Å². The van der Waals surface area contributed by atoms with Crippen LogP contribution in [-0.4, -0.2) is 23.1 Å². The predicted octanol–water partition coefficient (Wildman–Crippen LogP) is 2.92. The summed E-state index contributed by atoms with van der Waals surface area (Å²) in [6, 6.07) is 8.21. The molecule has 0 aliphatic carbocycles. The third-order valence-electron chi connectivity index (χ3n) is 3.21. The predicted molar refractivity (Wildman–Crippen MR) is 72.0 cm³/mol. The van der Waals surface area contributed by atoms with Crippen molar-refractivity contribution in [2.75, 3.05) is 13.1 Å². The molecule has 3 rings (SSSR count). The molecule has 0 amide bonds. The highest BCUT2D eigenvalue weighted by Crippen LogP contribution is 2.24. The van der Waals surface area contributed by atoms with Gasteiger partial charge in [-0.05, 0) is 25.1 Å². The number of nitrogens with zero attached hydrogens (tertiary/aromatic N) is 1. The minimum atomic E-state index is 0.590. The summed E-state index contributed by atoms with van der Waals surface area (Å²) in [6.45, 7) is 2.17. The van der Waals surface area contributed by atoms with Crippen molar-refractivity contribution >= 4 is 15.9 Å².